The fourth-order valence-electron chi connectivity index (χ4n) is 11.6. The van der Waals surface area contributed by atoms with Crippen molar-refractivity contribution < 1.29 is 45.9 Å². The van der Waals surface area contributed by atoms with E-state index < -0.39 is 34.8 Å². The zero-order chi connectivity index (χ0) is 70.0. The van der Waals surface area contributed by atoms with Crippen LogP contribution in [0.5, 0.6) is 0 Å². The van der Waals surface area contributed by atoms with Crippen LogP contribution in [0.15, 0.2) is 212 Å². The summed E-state index contributed by atoms with van der Waals surface area (Å²) in [6, 6.07) is 61.1. The first-order valence-corrected chi connectivity index (χ1v) is 31.7. The van der Waals surface area contributed by atoms with Gasteiger partial charge in [0.1, 0.15) is 0 Å². The highest BCUT2D eigenvalue weighted by molar-refractivity contribution is 6.09. The lowest BCUT2D eigenvalue weighted by Gasteiger charge is -2.20. The van der Waals surface area contributed by atoms with Crippen LogP contribution in [0.1, 0.15) is 162 Å². The van der Waals surface area contributed by atoms with Crippen molar-refractivity contribution in [1.82, 2.24) is 0 Å². The van der Waals surface area contributed by atoms with Crippen molar-refractivity contribution in [1.29, 1.82) is 0 Å². The molecule has 14 heteroatoms. The van der Waals surface area contributed by atoms with Crippen LogP contribution in [-0.2, 0) is 12.6 Å². The summed E-state index contributed by atoms with van der Waals surface area (Å²) in [4.78, 5) is 66.3. The van der Waals surface area contributed by atoms with Gasteiger partial charge >= 0.3 is 6.18 Å². The molecule has 10 aromatic carbocycles. The number of carbonyl (C=O) groups excluding carboxylic acids is 5. The molecule has 0 radical (unpaired) electrons. The molecule has 0 bridgehead atoms. The minimum atomic E-state index is -4.64. The second-order valence-corrected chi connectivity index (χ2v) is 24.5. The summed E-state index contributed by atoms with van der Waals surface area (Å²) in [7, 11) is 0. The van der Waals surface area contributed by atoms with Crippen molar-refractivity contribution >= 4 is 68.9 Å². The number of ketones is 1. The van der Waals surface area contributed by atoms with Crippen molar-refractivity contribution in [3.63, 3.8) is 0 Å². The predicted molar refractivity (Wildman–Crippen MR) is 381 cm³/mol. The summed E-state index contributed by atoms with van der Waals surface area (Å²) in [6.07, 6.45) is -3.80. The van der Waals surface area contributed by atoms with Crippen molar-refractivity contribution in [2.75, 3.05) is 21.3 Å². The number of alkyl halides is 3. The molecule has 0 atom stereocenters. The molecule has 0 heterocycles. The minimum Gasteiger partial charge on any atom is -0.322 e. The number of amides is 4. The van der Waals surface area contributed by atoms with E-state index in [1.165, 1.54) is 12.1 Å². The number of hydrogen-bond donors (Lipinski definition) is 4. The third-order valence-corrected chi connectivity index (χ3v) is 17.1. The van der Waals surface area contributed by atoms with E-state index in [-0.39, 0.29) is 41.2 Å². The highest BCUT2D eigenvalue weighted by Gasteiger charge is 2.34. The number of carbonyl (C=O) groups is 5. The average Bonchev–Trinajstić information content (AvgIpc) is 0.728. The lowest BCUT2D eigenvalue weighted by atomic mass is 9.85. The number of benzene rings is 10. The van der Waals surface area contributed by atoms with Gasteiger partial charge in [-0.15, -0.1) is 0 Å². The van der Waals surface area contributed by atoms with Gasteiger partial charge in [0, 0.05) is 51.4 Å². The van der Waals surface area contributed by atoms with Crippen LogP contribution in [0, 0.1) is 67.0 Å². The molecule has 4 N–H and O–H groups in total. The van der Waals surface area contributed by atoms with Gasteiger partial charge in [0.05, 0.1) is 11.1 Å². The maximum Gasteiger partial charge on any atom is 0.417 e. The Morgan fingerprint density at radius 2 is 0.701 bits per heavy atom. The normalized spacial score (nSPS) is 11.3. The molecular formula is C83H75F5N4O5. The maximum atomic E-state index is 13.7. The van der Waals surface area contributed by atoms with E-state index in [0.29, 0.717) is 51.3 Å². The Bertz CT molecular complexity index is 4280. The fraction of sp³-hybridized carbons (Fsp3) is 0.169. The molecule has 0 aliphatic carbocycles. The Kier molecular flexibility index (Phi) is 22.1. The molecule has 9 nitrogen and oxygen atoms in total. The Hall–Kier alpha value is -11.1. The summed E-state index contributed by atoms with van der Waals surface area (Å²) in [5, 5.41) is 11.4. The minimum absolute atomic E-state index is 0.0109. The van der Waals surface area contributed by atoms with Crippen molar-refractivity contribution in [2.45, 2.75) is 95.2 Å². The van der Waals surface area contributed by atoms with Gasteiger partial charge < -0.3 is 21.3 Å². The highest BCUT2D eigenvalue weighted by atomic mass is 19.4. The van der Waals surface area contributed by atoms with Crippen LogP contribution in [0.4, 0.5) is 44.7 Å². The second-order valence-electron chi connectivity index (χ2n) is 24.5. The number of hydrogen-bond acceptors (Lipinski definition) is 5. The number of allylic oxidation sites excluding steroid dienone is 2. The number of anilines is 4. The molecule has 0 spiro atoms. The molecule has 10 aromatic rings. The first kappa shape index (κ1) is 70.2. The topological polar surface area (TPSA) is 133 Å². The van der Waals surface area contributed by atoms with E-state index in [0.717, 1.165) is 113 Å². The monoisotopic (exact) mass is 1300 g/mol. The average molecular weight is 1300 g/mol. The van der Waals surface area contributed by atoms with Crippen LogP contribution >= 0.6 is 0 Å². The van der Waals surface area contributed by atoms with Crippen molar-refractivity contribution in [3.05, 3.63) is 335 Å². The molecule has 4 amide bonds. The molecule has 0 aliphatic heterocycles. The molecule has 0 unspecified atom stereocenters. The maximum absolute atomic E-state index is 13.7. The van der Waals surface area contributed by atoms with E-state index in [9.17, 15) is 45.9 Å². The van der Waals surface area contributed by atoms with E-state index in [1.807, 2.05) is 232 Å². The third kappa shape index (κ3) is 17.2. The zero-order valence-electron chi connectivity index (χ0n) is 56.0. The molecule has 10 rings (SSSR count). The summed E-state index contributed by atoms with van der Waals surface area (Å²) in [5.74, 6) is -4.15. The van der Waals surface area contributed by atoms with Crippen molar-refractivity contribution in [2.24, 2.45) is 0 Å². The number of rotatable bonds is 17. The standard InChI is InChI=1S/C63H57N3O4.C20H18F5NO/c1-38-9-29-54(42(5)33-38)58(67)37-46-13-15-47(16-14-46)59(48-17-23-51(24-18-48)64-61(68)55-30-10-39(2)34-43(55)6)60(49-19-25-52(26-20-49)65-62(69)56-31-11-40(3)35-44(56)7)50-21-27-53(28-22-50)66-63(70)57-32-12-41(4)36-45(57)8;1-4-11(2)12(3)14-9-8-13(10-16(14)20(23,24)25)26-19(27)15-6-5-7-17(21)18(15)22/h9-36H,37H2,1-8H3,(H,64,68)(H,65,69)(H,66,70);5-10H,4H2,1-3H3,(H,26,27)/b;12-11-. The summed E-state index contributed by atoms with van der Waals surface area (Å²) < 4.78 is 67.4. The van der Waals surface area contributed by atoms with Gasteiger partial charge in [-0.05, 0) is 227 Å². The van der Waals surface area contributed by atoms with Crippen molar-refractivity contribution in [3.8, 4) is 0 Å². The van der Waals surface area contributed by atoms with Crippen LogP contribution in [-0.4, -0.2) is 29.4 Å². The van der Waals surface area contributed by atoms with E-state index in [4.69, 9.17) is 0 Å². The predicted octanol–water partition coefficient (Wildman–Crippen LogP) is 20.8. The molecule has 0 saturated carbocycles. The smallest absolute Gasteiger partial charge is 0.322 e. The van der Waals surface area contributed by atoms with Gasteiger partial charge in [-0.25, -0.2) is 8.78 Å². The lowest BCUT2D eigenvalue weighted by Crippen LogP contribution is -2.16. The Labute approximate surface area is 563 Å². The van der Waals surface area contributed by atoms with Crippen LogP contribution in [0.2, 0.25) is 0 Å². The number of halogens is 5. The highest BCUT2D eigenvalue weighted by Crippen LogP contribution is 2.40. The zero-order valence-corrected chi connectivity index (χ0v) is 56.0. The third-order valence-electron chi connectivity index (χ3n) is 17.1. The summed E-state index contributed by atoms with van der Waals surface area (Å²) in [5.41, 5.74) is 18.3. The molecule has 0 saturated heterocycles. The molecular weight excluding hydrogens is 1230 g/mol. The largest absolute Gasteiger partial charge is 0.417 e. The summed E-state index contributed by atoms with van der Waals surface area (Å²) >= 11 is 0. The quantitative estimate of drug-likeness (QED) is 0.0409. The SMILES string of the molecule is CC/C(C)=C(/C)c1ccc(NC(=O)c2cccc(F)c2F)cc1C(F)(F)F.Cc1ccc(C(=O)Cc2ccc(C(=C(c3ccc(NC(=O)c4ccc(C)cc4C)cc3)c3ccc(NC(=O)c4ccc(C)cc4C)cc3)c3ccc(NC(=O)c4ccc(C)cc4C)cc3)cc2)c(C)c1. The van der Waals surface area contributed by atoms with E-state index in [1.54, 1.807) is 13.8 Å². The van der Waals surface area contributed by atoms with E-state index >= 15 is 0 Å². The first-order chi connectivity index (χ1) is 46.1. The van der Waals surface area contributed by atoms with E-state index in [2.05, 4.69) is 21.3 Å². The lowest BCUT2D eigenvalue weighted by molar-refractivity contribution is -0.137. The Morgan fingerprint density at radius 3 is 1.06 bits per heavy atom. The van der Waals surface area contributed by atoms with Gasteiger partial charge in [-0.2, -0.15) is 13.2 Å². The second kappa shape index (κ2) is 30.5. The van der Waals surface area contributed by atoms with Crippen LogP contribution in [0.3, 0.4) is 0 Å². The Balaban J connectivity index is 0.000000341. The van der Waals surface area contributed by atoms with Crippen LogP contribution < -0.4 is 21.3 Å². The van der Waals surface area contributed by atoms with Crippen LogP contribution in [0.25, 0.3) is 16.7 Å². The van der Waals surface area contributed by atoms with Gasteiger partial charge in [0.25, 0.3) is 23.6 Å². The van der Waals surface area contributed by atoms with Gasteiger partial charge in [0.15, 0.2) is 17.4 Å². The molecule has 492 valence electrons. The summed E-state index contributed by atoms with van der Waals surface area (Å²) in [6.45, 7) is 21.0. The fourth-order valence-corrected chi connectivity index (χ4v) is 11.6. The molecule has 97 heavy (non-hydrogen) atoms. The molecule has 0 aliphatic rings. The number of aryl methyl sites for hydroxylation is 8. The van der Waals surface area contributed by atoms with Gasteiger partial charge in [0.2, 0.25) is 0 Å². The van der Waals surface area contributed by atoms with Gasteiger partial charge in [-0.1, -0.05) is 162 Å². The van der Waals surface area contributed by atoms with Gasteiger partial charge in [-0.3, -0.25) is 24.0 Å². The Morgan fingerprint density at radius 1 is 0.371 bits per heavy atom. The molecule has 0 fully saturated rings. The molecule has 0 aromatic heterocycles. The number of Topliss-reactive ketones (excluding diaryl/α,β-unsaturated/α-hetero) is 1. The number of nitrogens with one attached hydrogen (secondary N) is 4. The first-order valence-electron chi connectivity index (χ1n) is 31.7.